The average molecular weight is 546 g/mol. The van der Waals surface area contributed by atoms with Crippen LogP contribution in [-0.4, -0.2) is 49.3 Å². The normalized spacial score (nSPS) is 18.1. The maximum Gasteiger partial charge on any atom is 0.266 e. The van der Waals surface area contributed by atoms with Gasteiger partial charge < -0.3 is 19.3 Å². The third kappa shape index (κ3) is 7.20. The Hall–Kier alpha value is -3.88. The zero-order valence-electron chi connectivity index (χ0n) is 23.3. The molecule has 1 heterocycles. The Morgan fingerprint density at radius 3 is 2.52 bits per heavy atom. The number of aliphatic hydroxyl groups is 1. The molecule has 8 nitrogen and oxygen atoms in total. The first-order chi connectivity index (χ1) is 19.6. The molecule has 40 heavy (non-hydrogen) atoms. The van der Waals surface area contributed by atoms with E-state index < -0.39 is 11.6 Å². The third-order valence-corrected chi connectivity index (χ3v) is 6.85. The highest BCUT2D eigenvalue weighted by Crippen LogP contribution is 2.43. The van der Waals surface area contributed by atoms with Crippen molar-refractivity contribution in [1.29, 1.82) is 0 Å². The lowest BCUT2D eigenvalue weighted by molar-refractivity contribution is -0.130. The molecule has 8 heteroatoms. The van der Waals surface area contributed by atoms with E-state index >= 15 is 0 Å². The number of amides is 1. The summed E-state index contributed by atoms with van der Waals surface area (Å²) in [5.41, 5.74) is 7.26. The lowest BCUT2D eigenvalue weighted by Crippen LogP contribution is -2.54. The monoisotopic (exact) mass is 545 g/mol. The fraction of sp³-hybridized carbons (Fsp3) is 0.375. The Morgan fingerprint density at radius 1 is 1.00 bits per heavy atom. The Labute approximate surface area is 236 Å². The van der Waals surface area contributed by atoms with Crippen molar-refractivity contribution >= 4 is 11.8 Å². The highest BCUT2D eigenvalue weighted by atomic mass is 16.5. The molecule has 0 spiro atoms. The first-order valence-corrected chi connectivity index (χ1v) is 13.9. The van der Waals surface area contributed by atoms with E-state index in [2.05, 4.69) is 17.8 Å². The molecule has 3 aromatic carbocycles. The van der Waals surface area contributed by atoms with Crippen LogP contribution in [0.1, 0.15) is 55.4 Å². The minimum absolute atomic E-state index is 0.0768. The van der Waals surface area contributed by atoms with Crippen LogP contribution in [0.2, 0.25) is 0 Å². The molecule has 0 aliphatic carbocycles. The first kappa shape index (κ1) is 29.1. The van der Waals surface area contributed by atoms with Crippen LogP contribution >= 0.6 is 0 Å². The summed E-state index contributed by atoms with van der Waals surface area (Å²) in [4.78, 5) is 19.1. The van der Waals surface area contributed by atoms with Crippen molar-refractivity contribution in [2.45, 2.75) is 50.7 Å². The van der Waals surface area contributed by atoms with E-state index in [1.54, 1.807) is 7.11 Å². The summed E-state index contributed by atoms with van der Waals surface area (Å²) in [6, 6.07) is 24.9. The summed E-state index contributed by atoms with van der Waals surface area (Å²) >= 11 is 0. The smallest absolute Gasteiger partial charge is 0.266 e. The highest BCUT2D eigenvalue weighted by molar-refractivity contribution is 6.01. The summed E-state index contributed by atoms with van der Waals surface area (Å²) in [7, 11) is 1.62. The van der Waals surface area contributed by atoms with Gasteiger partial charge in [0.05, 0.1) is 13.7 Å². The van der Waals surface area contributed by atoms with Crippen LogP contribution in [0, 0.1) is 0 Å². The number of rotatable bonds is 15. The summed E-state index contributed by atoms with van der Waals surface area (Å²) < 4.78 is 17.7. The Bertz CT molecular complexity index is 1250. The second-order valence-electron chi connectivity index (χ2n) is 9.82. The molecule has 1 amide bonds. The second-order valence-corrected chi connectivity index (χ2v) is 9.82. The number of unbranched alkanes of at least 4 members (excludes halogenated alkanes) is 2. The molecule has 1 aliphatic rings. The molecule has 4 rings (SSSR count). The van der Waals surface area contributed by atoms with E-state index in [1.807, 2.05) is 78.9 Å². The lowest BCUT2D eigenvalue weighted by atomic mass is 9.82. The second kappa shape index (κ2) is 14.5. The van der Waals surface area contributed by atoms with Crippen LogP contribution in [0.15, 0.2) is 83.9 Å². The maximum absolute atomic E-state index is 14.1. The van der Waals surface area contributed by atoms with Crippen molar-refractivity contribution in [3.8, 4) is 11.5 Å². The average Bonchev–Trinajstić information content (AvgIpc) is 3.38. The fourth-order valence-electron chi connectivity index (χ4n) is 4.71. The number of nitrogens with one attached hydrogen (secondary N) is 2. The van der Waals surface area contributed by atoms with E-state index in [0.29, 0.717) is 43.4 Å². The zero-order chi connectivity index (χ0) is 28.2. The minimum Gasteiger partial charge on any atom is -0.497 e. The van der Waals surface area contributed by atoms with Gasteiger partial charge >= 0.3 is 0 Å². The molecule has 0 radical (unpaired) electrons. The number of aliphatic hydroxyl groups excluding tert-OH is 1. The number of hydrogen-bond acceptors (Lipinski definition) is 7. The molecule has 1 aliphatic heterocycles. The van der Waals surface area contributed by atoms with Crippen LogP contribution in [0.3, 0.4) is 0 Å². The standard InChI is InChI=1S/C32H39N3O5/c1-3-4-8-19-33-35-31(37)32(23-24-11-6-5-7-12-24)29(26-13-9-14-28(22-26)38-2)40-30(34-32)25-15-17-27(18-16-25)39-21-10-20-36/h5-7,9,11-18,22,29,33,36H,3-4,8,10,19-21,23H2,1-2H3,(H,35,37)/t29-,32-/m0/s1. The van der Waals surface area contributed by atoms with E-state index in [1.165, 1.54) is 0 Å². The van der Waals surface area contributed by atoms with Gasteiger partial charge in [-0.25, -0.2) is 10.4 Å². The minimum atomic E-state index is -1.28. The summed E-state index contributed by atoms with van der Waals surface area (Å²) in [5, 5.41) is 9.02. The number of ether oxygens (including phenoxy) is 3. The topological polar surface area (TPSA) is 101 Å². The molecule has 0 aromatic heterocycles. The molecule has 0 saturated heterocycles. The number of methoxy groups -OCH3 is 1. The van der Waals surface area contributed by atoms with Crippen molar-refractivity contribution in [3.05, 3.63) is 95.6 Å². The predicted octanol–water partition coefficient (Wildman–Crippen LogP) is 4.77. The molecule has 3 N–H and O–H groups in total. The van der Waals surface area contributed by atoms with Crippen LogP contribution in [0.5, 0.6) is 11.5 Å². The van der Waals surface area contributed by atoms with Gasteiger partial charge in [-0.3, -0.25) is 10.2 Å². The van der Waals surface area contributed by atoms with Gasteiger partial charge in [-0.2, -0.15) is 0 Å². The molecule has 0 fully saturated rings. The van der Waals surface area contributed by atoms with Crippen LogP contribution < -0.4 is 20.3 Å². The van der Waals surface area contributed by atoms with Gasteiger partial charge in [-0.1, -0.05) is 62.2 Å². The van der Waals surface area contributed by atoms with Crippen molar-refractivity contribution < 1.29 is 24.1 Å². The lowest BCUT2D eigenvalue weighted by Gasteiger charge is -2.31. The van der Waals surface area contributed by atoms with Crippen molar-refractivity contribution in [2.24, 2.45) is 4.99 Å². The summed E-state index contributed by atoms with van der Waals surface area (Å²) in [6.07, 6.45) is 3.33. The first-order valence-electron chi connectivity index (χ1n) is 13.9. The quantitative estimate of drug-likeness (QED) is 0.188. The fourth-order valence-corrected chi connectivity index (χ4v) is 4.71. The number of carbonyl (C=O) groups is 1. The van der Waals surface area contributed by atoms with Crippen LogP contribution in [-0.2, 0) is 16.0 Å². The number of hydrogen-bond donors (Lipinski definition) is 3. The van der Waals surface area contributed by atoms with E-state index in [9.17, 15) is 4.79 Å². The maximum atomic E-state index is 14.1. The number of benzene rings is 3. The molecular weight excluding hydrogens is 506 g/mol. The predicted molar refractivity (Wildman–Crippen MR) is 156 cm³/mol. The number of hydrazine groups is 1. The zero-order valence-corrected chi connectivity index (χ0v) is 23.3. The highest BCUT2D eigenvalue weighted by Gasteiger charge is 2.53. The Balaban J connectivity index is 1.72. The number of carbonyl (C=O) groups excluding carboxylic acids is 1. The molecule has 0 bridgehead atoms. The van der Waals surface area contributed by atoms with Gasteiger partial charge in [0.25, 0.3) is 5.91 Å². The molecule has 3 aromatic rings. The SMILES string of the molecule is CCCCCNNC(=O)[C@@]1(Cc2ccccc2)N=C(c2ccc(OCCCO)cc2)O[C@H]1c1cccc(OC)c1. The van der Waals surface area contributed by atoms with Gasteiger partial charge in [-0.15, -0.1) is 0 Å². The molecule has 212 valence electrons. The van der Waals surface area contributed by atoms with Crippen molar-refractivity contribution in [3.63, 3.8) is 0 Å². The van der Waals surface area contributed by atoms with E-state index in [-0.39, 0.29) is 12.5 Å². The Morgan fingerprint density at radius 2 is 1.80 bits per heavy atom. The van der Waals surface area contributed by atoms with Gasteiger partial charge in [0, 0.05) is 31.6 Å². The van der Waals surface area contributed by atoms with Crippen molar-refractivity contribution in [1.82, 2.24) is 10.9 Å². The molecule has 0 unspecified atom stereocenters. The third-order valence-electron chi connectivity index (χ3n) is 6.85. The van der Waals surface area contributed by atoms with Gasteiger partial charge in [0.1, 0.15) is 11.5 Å². The van der Waals surface area contributed by atoms with Gasteiger partial charge in [0.15, 0.2) is 11.6 Å². The van der Waals surface area contributed by atoms with E-state index in [0.717, 1.165) is 36.0 Å². The molecule has 2 atom stereocenters. The van der Waals surface area contributed by atoms with Gasteiger partial charge in [0.2, 0.25) is 5.90 Å². The van der Waals surface area contributed by atoms with E-state index in [4.69, 9.17) is 24.3 Å². The van der Waals surface area contributed by atoms with Crippen LogP contribution in [0.4, 0.5) is 0 Å². The molecular formula is C32H39N3O5. The number of nitrogens with zero attached hydrogens (tertiary/aromatic N) is 1. The Kier molecular flexibility index (Phi) is 10.5. The van der Waals surface area contributed by atoms with Gasteiger partial charge in [-0.05, 0) is 53.9 Å². The number of aliphatic imine (C=N–C) groups is 1. The summed E-state index contributed by atoms with van der Waals surface area (Å²) in [6.45, 7) is 3.32. The molecule has 0 saturated carbocycles. The van der Waals surface area contributed by atoms with Crippen molar-refractivity contribution in [2.75, 3.05) is 26.9 Å². The largest absolute Gasteiger partial charge is 0.497 e. The summed E-state index contributed by atoms with van der Waals surface area (Å²) in [5.74, 6) is 1.47. The van der Waals surface area contributed by atoms with Crippen LogP contribution in [0.25, 0.3) is 0 Å².